The molecule has 62 valence electrons. The van der Waals surface area contributed by atoms with Crippen LogP contribution in [0.3, 0.4) is 0 Å². The SMILES string of the molecule is CCC1CC(F)(F)CN1.Cl. The van der Waals surface area contributed by atoms with E-state index >= 15 is 0 Å². The number of rotatable bonds is 1. The monoisotopic (exact) mass is 171 g/mol. The third-order valence-corrected chi connectivity index (χ3v) is 1.69. The highest BCUT2D eigenvalue weighted by atomic mass is 35.5. The van der Waals surface area contributed by atoms with E-state index in [4.69, 9.17) is 0 Å². The van der Waals surface area contributed by atoms with Gasteiger partial charge in [-0.3, -0.25) is 0 Å². The lowest BCUT2D eigenvalue weighted by molar-refractivity contribution is 0.0210. The molecular formula is C6H12ClF2N. The molecule has 0 saturated carbocycles. The molecule has 0 bridgehead atoms. The van der Waals surface area contributed by atoms with Crippen LogP contribution in [0.2, 0.25) is 0 Å². The minimum atomic E-state index is -2.44. The van der Waals surface area contributed by atoms with Crippen molar-refractivity contribution in [1.82, 2.24) is 5.32 Å². The van der Waals surface area contributed by atoms with Gasteiger partial charge in [0, 0.05) is 12.5 Å². The maximum absolute atomic E-state index is 12.3. The summed E-state index contributed by atoms with van der Waals surface area (Å²) in [4.78, 5) is 0. The van der Waals surface area contributed by atoms with Crippen molar-refractivity contribution in [2.45, 2.75) is 31.7 Å². The minimum Gasteiger partial charge on any atom is -0.308 e. The van der Waals surface area contributed by atoms with Crippen LogP contribution in [-0.4, -0.2) is 18.5 Å². The van der Waals surface area contributed by atoms with Crippen molar-refractivity contribution >= 4 is 12.4 Å². The van der Waals surface area contributed by atoms with Gasteiger partial charge in [-0.2, -0.15) is 0 Å². The summed E-state index contributed by atoms with van der Waals surface area (Å²) in [5.41, 5.74) is 0. The van der Waals surface area contributed by atoms with Gasteiger partial charge in [0.05, 0.1) is 6.54 Å². The minimum absolute atomic E-state index is 0. The number of hydrogen-bond donors (Lipinski definition) is 1. The second-order valence-electron chi connectivity index (χ2n) is 2.55. The number of alkyl halides is 2. The second-order valence-corrected chi connectivity index (χ2v) is 2.55. The Hall–Kier alpha value is 0.110. The van der Waals surface area contributed by atoms with Crippen molar-refractivity contribution in [2.75, 3.05) is 6.54 Å². The van der Waals surface area contributed by atoms with Gasteiger partial charge in [0.1, 0.15) is 0 Å². The molecule has 1 heterocycles. The molecule has 0 aromatic heterocycles. The molecule has 10 heavy (non-hydrogen) atoms. The summed E-state index contributed by atoms with van der Waals surface area (Å²) in [6, 6.07) is 0.0417. The van der Waals surface area contributed by atoms with Gasteiger partial charge in [-0.05, 0) is 6.42 Å². The van der Waals surface area contributed by atoms with Crippen LogP contribution in [0.4, 0.5) is 8.78 Å². The van der Waals surface area contributed by atoms with E-state index < -0.39 is 5.92 Å². The van der Waals surface area contributed by atoms with Crippen molar-refractivity contribution in [3.8, 4) is 0 Å². The van der Waals surface area contributed by atoms with Crippen LogP contribution in [-0.2, 0) is 0 Å². The lowest BCUT2D eigenvalue weighted by Crippen LogP contribution is -2.21. The molecule has 1 fully saturated rings. The number of halogens is 3. The van der Waals surface area contributed by atoms with Gasteiger partial charge in [0.15, 0.2) is 0 Å². The van der Waals surface area contributed by atoms with E-state index in [2.05, 4.69) is 5.32 Å². The van der Waals surface area contributed by atoms with Gasteiger partial charge in [0.25, 0.3) is 5.92 Å². The molecule has 0 radical (unpaired) electrons. The highest BCUT2D eigenvalue weighted by molar-refractivity contribution is 5.85. The maximum atomic E-state index is 12.3. The summed E-state index contributed by atoms with van der Waals surface area (Å²) in [6.45, 7) is 1.78. The first kappa shape index (κ1) is 10.1. The molecule has 1 nitrogen and oxygen atoms in total. The Morgan fingerprint density at radius 3 is 2.40 bits per heavy atom. The molecule has 1 aliphatic rings. The van der Waals surface area contributed by atoms with E-state index in [9.17, 15) is 8.78 Å². The smallest absolute Gasteiger partial charge is 0.261 e. The number of nitrogens with one attached hydrogen (secondary N) is 1. The summed E-state index contributed by atoms with van der Waals surface area (Å²) in [6.07, 6.45) is 0.819. The molecule has 0 spiro atoms. The first-order valence-corrected chi connectivity index (χ1v) is 3.25. The third kappa shape index (κ3) is 2.39. The quantitative estimate of drug-likeness (QED) is 0.635. The zero-order chi connectivity index (χ0) is 6.91. The Kier molecular flexibility index (Phi) is 3.52. The average Bonchev–Trinajstić information content (AvgIpc) is 2.10. The van der Waals surface area contributed by atoms with Gasteiger partial charge >= 0.3 is 0 Å². The van der Waals surface area contributed by atoms with Gasteiger partial charge < -0.3 is 5.32 Å². The average molecular weight is 172 g/mol. The van der Waals surface area contributed by atoms with E-state index in [-0.39, 0.29) is 31.4 Å². The fraction of sp³-hybridized carbons (Fsp3) is 1.00. The molecule has 0 aromatic rings. The molecule has 1 aliphatic heterocycles. The first-order chi connectivity index (χ1) is 4.14. The largest absolute Gasteiger partial charge is 0.308 e. The maximum Gasteiger partial charge on any atom is 0.261 e. The van der Waals surface area contributed by atoms with Crippen molar-refractivity contribution in [3.05, 3.63) is 0 Å². The Morgan fingerprint density at radius 2 is 2.20 bits per heavy atom. The molecule has 0 aromatic carbocycles. The Labute approximate surface area is 65.6 Å². The predicted octanol–water partition coefficient (Wildman–Crippen LogP) is 1.82. The van der Waals surface area contributed by atoms with Crippen LogP contribution in [0.5, 0.6) is 0 Å². The van der Waals surface area contributed by atoms with Crippen LogP contribution >= 0.6 is 12.4 Å². The second kappa shape index (κ2) is 3.49. The summed E-state index contributed by atoms with van der Waals surface area (Å²) in [5, 5.41) is 2.75. The van der Waals surface area contributed by atoms with Gasteiger partial charge in [-0.1, -0.05) is 6.92 Å². The van der Waals surface area contributed by atoms with E-state index in [1.54, 1.807) is 0 Å². The van der Waals surface area contributed by atoms with Crippen LogP contribution in [0.15, 0.2) is 0 Å². The van der Waals surface area contributed by atoms with E-state index in [0.29, 0.717) is 0 Å². The molecule has 1 atom stereocenters. The van der Waals surface area contributed by atoms with E-state index in [1.807, 2.05) is 6.92 Å². The van der Waals surface area contributed by atoms with Gasteiger partial charge in [0.2, 0.25) is 0 Å². The summed E-state index contributed by atoms with van der Waals surface area (Å²) in [5.74, 6) is -2.44. The topological polar surface area (TPSA) is 12.0 Å². The van der Waals surface area contributed by atoms with E-state index in [1.165, 1.54) is 0 Å². The standard InChI is InChI=1S/C6H11F2N.ClH/c1-2-5-3-6(7,8)4-9-5;/h5,9H,2-4H2,1H3;1H. The molecule has 1 saturated heterocycles. The van der Waals surface area contributed by atoms with Gasteiger partial charge in [-0.25, -0.2) is 8.78 Å². The fourth-order valence-corrected chi connectivity index (χ4v) is 1.09. The van der Waals surface area contributed by atoms with Gasteiger partial charge in [-0.15, -0.1) is 12.4 Å². The molecule has 1 unspecified atom stereocenters. The normalized spacial score (nSPS) is 29.7. The van der Waals surface area contributed by atoms with Crippen LogP contribution < -0.4 is 5.32 Å². The molecule has 1 rings (SSSR count). The van der Waals surface area contributed by atoms with Crippen molar-refractivity contribution in [2.24, 2.45) is 0 Å². The summed E-state index contributed by atoms with van der Waals surface area (Å²) < 4.78 is 24.6. The first-order valence-electron chi connectivity index (χ1n) is 3.25. The Bertz CT molecular complexity index is 108. The van der Waals surface area contributed by atoms with Crippen molar-refractivity contribution in [3.63, 3.8) is 0 Å². The molecular weight excluding hydrogens is 160 g/mol. The lowest BCUT2D eigenvalue weighted by Gasteiger charge is -2.05. The molecule has 1 N–H and O–H groups in total. The lowest BCUT2D eigenvalue weighted by atomic mass is 10.1. The summed E-state index contributed by atoms with van der Waals surface area (Å²) in [7, 11) is 0. The van der Waals surface area contributed by atoms with Crippen molar-refractivity contribution in [1.29, 1.82) is 0 Å². The van der Waals surface area contributed by atoms with E-state index in [0.717, 1.165) is 6.42 Å². The molecule has 0 aliphatic carbocycles. The zero-order valence-electron chi connectivity index (χ0n) is 5.86. The third-order valence-electron chi connectivity index (χ3n) is 1.69. The van der Waals surface area contributed by atoms with Crippen molar-refractivity contribution < 1.29 is 8.78 Å². The zero-order valence-corrected chi connectivity index (χ0v) is 6.68. The Morgan fingerprint density at radius 1 is 1.60 bits per heavy atom. The highest BCUT2D eigenvalue weighted by Gasteiger charge is 2.37. The van der Waals surface area contributed by atoms with Crippen LogP contribution in [0.1, 0.15) is 19.8 Å². The predicted molar refractivity (Wildman–Crippen MR) is 38.9 cm³/mol. The molecule has 0 amide bonds. The Balaban J connectivity index is 0.000000810. The number of hydrogen-bond acceptors (Lipinski definition) is 1. The molecule has 4 heteroatoms. The fourth-order valence-electron chi connectivity index (χ4n) is 1.09. The van der Waals surface area contributed by atoms with Crippen LogP contribution in [0.25, 0.3) is 0 Å². The summed E-state index contributed by atoms with van der Waals surface area (Å²) >= 11 is 0. The highest BCUT2D eigenvalue weighted by Crippen LogP contribution is 2.25. The van der Waals surface area contributed by atoms with Crippen LogP contribution in [0, 0.1) is 0 Å².